The lowest BCUT2D eigenvalue weighted by atomic mass is 10.1. The number of halogens is 1. The van der Waals surface area contributed by atoms with Crippen LogP contribution < -0.4 is 11.2 Å². The minimum Gasteiger partial charge on any atom is -0.494 e. The largest absolute Gasteiger partial charge is 0.494 e. The average molecular weight is 334 g/mol. The molecule has 2 aromatic rings. The monoisotopic (exact) mass is 333 g/mol. The van der Waals surface area contributed by atoms with Gasteiger partial charge in [0.05, 0.1) is 5.69 Å². The summed E-state index contributed by atoms with van der Waals surface area (Å²) >= 11 is 3.37. The van der Waals surface area contributed by atoms with Crippen molar-refractivity contribution in [3.63, 3.8) is 0 Å². The Bertz CT molecular complexity index is 877. The van der Waals surface area contributed by atoms with Gasteiger partial charge < -0.3 is 5.11 Å². The zero-order valence-corrected chi connectivity index (χ0v) is 11.6. The lowest BCUT2D eigenvalue weighted by Gasteiger charge is -2.01. The molecule has 0 radical (unpaired) electrons. The Labute approximate surface area is 120 Å². The molecule has 0 bridgehead atoms. The molecule has 3 N–H and O–H groups in total. The maximum absolute atomic E-state index is 11.7. The molecule has 6 nitrogen and oxygen atoms in total. The molecule has 3 rings (SSSR count). The fraction of sp³-hybridized carbons (Fsp3) is 0. The summed E-state index contributed by atoms with van der Waals surface area (Å²) < 4.78 is 0.882. The van der Waals surface area contributed by atoms with E-state index in [1.165, 1.54) is 6.08 Å². The number of aromatic hydroxyl groups is 1. The van der Waals surface area contributed by atoms with Gasteiger partial charge in [0.1, 0.15) is 5.56 Å². The number of hydrogen-bond donors (Lipinski definition) is 3. The van der Waals surface area contributed by atoms with Crippen LogP contribution in [0.25, 0.3) is 11.6 Å². The molecule has 0 atom stereocenters. The summed E-state index contributed by atoms with van der Waals surface area (Å²) in [5, 5.41) is 9.66. The van der Waals surface area contributed by atoms with E-state index in [9.17, 15) is 14.7 Å². The highest BCUT2D eigenvalue weighted by Crippen LogP contribution is 2.34. The standard InChI is InChI=1S/C13H8BrN3O3/c14-7-1-2-10-8(4-7)6(5-15-10)3-9-11(18)16-13(20)17-12(9)19/h1-5H,(H3,16,17,18,19,20)/b6-3+. The van der Waals surface area contributed by atoms with E-state index in [2.05, 4.69) is 30.9 Å². The molecule has 1 aliphatic rings. The van der Waals surface area contributed by atoms with Crippen LogP contribution in [0, 0.1) is 0 Å². The second kappa shape index (κ2) is 4.61. The molecular formula is C13H8BrN3O3. The van der Waals surface area contributed by atoms with Crippen molar-refractivity contribution in [3.05, 3.63) is 54.6 Å². The SMILES string of the molecule is O=c1[nH]c(O)c(/C=C2\C=Nc3ccc(Br)cc32)c(=O)[nH]1. The smallest absolute Gasteiger partial charge is 0.328 e. The van der Waals surface area contributed by atoms with Crippen molar-refractivity contribution in [2.45, 2.75) is 0 Å². The number of nitrogens with zero attached hydrogens (tertiary/aromatic N) is 1. The summed E-state index contributed by atoms with van der Waals surface area (Å²) in [7, 11) is 0. The first-order valence-corrected chi connectivity index (χ1v) is 6.45. The van der Waals surface area contributed by atoms with Crippen LogP contribution in [0.15, 0.2) is 37.3 Å². The highest BCUT2D eigenvalue weighted by atomic mass is 79.9. The third-order valence-corrected chi connectivity index (χ3v) is 3.36. The van der Waals surface area contributed by atoms with Crippen LogP contribution in [0.2, 0.25) is 0 Å². The molecule has 1 aliphatic heterocycles. The number of H-pyrrole nitrogens is 2. The second-order valence-corrected chi connectivity index (χ2v) is 5.11. The zero-order chi connectivity index (χ0) is 14.3. The number of benzene rings is 1. The molecule has 0 amide bonds. The number of aromatic amines is 2. The lowest BCUT2D eigenvalue weighted by Crippen LogP contribution is -2.23. The van der Waals surface area contributed by atoms with Crippen LogP contribution in [0.3, 0.4) is 0 Å². The molecule has 7 heteroatoms. The van der Waals surface area contributed by atoms with Gasteiger partial charge in [0, 0.05) is 21.8 Å². The molecule has 0 fully saturated rings. The van der Waals surface area contributed by atoms with E-state index in [0.29, 0.717) is 5.57 Å². The fourth-order valence-corrected chi connectivity index (χ4v) is 2.31. The van der Waals surface area contributed by atoms with Crippen molar-refractivity contribution < 1.29 is 5.11 Å². The van der Waals surface area contributed by atoms with Gasteiger partial charge in [0.2, 0.25) is 5.88 Å². The van der Waals surface area contributed by atoms with Crippen LogP contribution in [-0.4, -0.2) is 21.3 Å². The molecule has 1 aromatic heterocycles. The summed E-state index contributed by atoms with van der Waals surface area (Å²) in [6, 6.07) is 5.57. The van der Waals surface area contributed by atoms with E-state index < -0.39 is 17.1 Å². The van der Waals surface area contributed by atoms with Gasteiger partial charge in [-0.25, -0.2) is 4.79 Å². The number of rotatable bonds is 1. The van der Waals surface area contributed by atoms with Crippen molar-refractivity contribution in [1.29, 1.82) is 0 Å². The second-order valence-electron chi connectivity index (χ2n) is 4.19. The molecule has 0 unspecified atom stereocenters. The number of allylic oxidation sites excluding steroid dienone is 1. The van der Waals surface area contributed by atoms with Crippen LogP contribution in [-0.2, 0) is 0 Å². The Hall–Kier alpha value is -2.41. The van der Waals surface area contributed by atoms with E-state index in [1.54, 1.807) is 6.21 Å². The Balaban J connectivity index is 2.18. The van der Waals surface area contributed by atoms with Gasteiger partial charge in [-0.1, -0.05) is 15.9 Å². The highest BCUT2D eigenvalue weighted by Gasteiger charge is 2.14. The Kier molecular flexibility index (Phi) is 2.90. The molecule has 1 aromatic carbocycles. The van der Waals surface area contributed by atoms with Gasteiger partial charge in [-0.15, -0.1) is 0 Å². The Morgan fingerprint density at radius 2 is 2.05 bits per heavy atom. The van der Waals surface area contributed by atoms with Gasteiger partial charge >= 0.3 is 5.69 Å². The Morgan fingerprint density at radius 3 is 2.80 bits per heavy atom. The summed E-state index contributed by atoms with van der Waals surface area (Å²) in [5.41, 5.74) is 0.866. The summed E-state index contributed by atoms with van der Waals surface area (Å²) in [5.74, 6) is -0.469. The first-order chi connectivity index (χ1) is 9.54. The summed E-state index contributed by atoms with van der Waals surface area (Å²) in [6.07, 6.45) is 3.08. The van der Waals surface area contributed by atoms with Crippen molar-refractivity contribution in [2.75, 3.05) is 0 Å². The lowest BCUT2D eigenvalue weighted by molar-refractivity contribution is 0.447. The summed E-state index contributed by atoms with van der Waals surface area (Å²) in [6.45, 7) is 0. The quantitative estimate of drug-likeness (QED) is 0.741. The highest BCUT2D eigenvalue weighted by molar-refractivity contribution is 9.10. The molecule has 0 spiro atoms. The third-order valence-electron chi connectivity index (χ3n) is 2.87. The van der Waals surface area contributed by atoms with Crippen molar-refractivity contribution in [1.82, 2.24) is 9.97 Å². The van der Waals surface area contributed by atoms with Crippen LogP contribution in [0.4, 0.5) is 5.69 Å². The van der Waals surface area contributed by atoms with E-state index in [0.717, 1.165) is 15.7 Å². The maximum atomic E-state index is 11.7. The van der Waals surface area contributed by atoms with Gasteiger partial charge in [-0.2, -0.15) is 0 Å². The number of fused-ring (bicyclic) bond motifs is 1. The van der Waals surface area contributed by atoms with Crippen molar-refractivity contribution >= 4 is 39.5 Å². The van der Waals surface area contributed by atoms with Crippen molar-refractivity contribution in [2.24, 2.45) is 4.99 Å². The molecule has 20 heavy (non-hydrogen) atoms. The molecule has 2 heterocycles. The van der Waals surface area contributed by atoms with Gasteiger partial charge in [0.25, 0.3) is 5.56 Å². The van der Waals surface area contributed by atoms with Crippen LogP contribution >= 0.6 is 15.9 Å². The van der Waals surface area contributed by atoms with E-state index >= 15 is 0 Å². The number of hydrogen-bond acceptors (Lipinski definition) is 4. The predicted octanol–water partition coefficient (Wildman–Crippen LogP) is 1.79. The van der Waals surface area contributed by atoms with Crippen LogP contribution in [0.5, 0.6) is 5.88 Å². The molecule has 0 saturated carbocycles. The zero-order valence-electron chi connectivity index (χ0n) is 9.98. The molecule has 0 saturated heterocycles. The molecule has 0 aliphatic carbocycles. The van der Waals surface area contributed by atoms with Gasteiger partial charge in [-0.05, 0) is 24.3 Å². The average Bonchev–Trinajstić information content (AvgIpc) is 2.76. The van der Waals surface area contributed by atoms with E-state index in [-0.39, 0.29) is 5.56 Å². The minimum absolute atomic E-state index is 0.0149. The minimum atomic E-state index is -0.752. The maximum Gasteiger partial charge on any atom is 0.328 e. The van der Waals surface area contributed by atoms with Gasteiger partial charge in [0.15, 0.2) is 0 Å². The fourth-order valence-electron chi connectivity index (χ4n) is 1.95. The topological polar surface area (TPSA) is 98.3 Å². The number of aliphatic imine (C=N–C) groups is 1. The normalized spacial score (nSPS) is 14.8. The first-order valence-electron chi connectivity index (χ1n) is 5.66. The van der Waals surface area contributed by atoms with Crippen LogP contribution in [0.1, 0.15) is 11.1 Å². The van der Waals surface area contributed by atoms with E-state index in [4.69, 9.17) is 0 Å². The predicted molar refractivity (Wildman–Crippen MR) is 79.5 cm³/mol. The van der Waals surface area contributed by atoms with E-state index in [1.807, 2.05) is 18.2 Å². The summed E-state index contributed by atoms with van der Waals surface area (Å²) in [4.78, 5) is 31.1. The molecule has 100 valence electrons. The third kappa shape index (κ3) is 2.12. The number of nitrogens with one attached hydrogen (secondary N) is 2. The first kappa shape index (κ1) is 12.6. The number of aromatic nitrogens is 2. The van der Waals surface area contributed by atoms with Crippen molar-refractivity contribution in [3.8, 4) is 5.88 Å². The van der Waals surface area contributed by atoms with Gasteiger partial charge in [-0.3, -0.25) is 19.8 Å². The Morgan fingerprint density at radius 1 is 1.25 bits per heavy atom. The molecular weight excluding hydrogens is 326 g/mol.